The summed E-state index contributed by atoms with van der Waals surface area (Å²) in [5.41, 5.74) is 0. The molecule has 0 unspecified atom stereocenters. The summed E-state index contributed by atoms with van der Waals surface area (Å²) < 4.78 is 4.32. The summed E-state index contributed by atoms with van der Waals surface area (Å²) in [6.45, 7) is 1.80. The molecule has 0 saturated carbocycles. The molecule has 0 aliphatic rings. The second kappa shape index (κ2) is 4.58. The Bertz CT molecular complexity index is 163. The number of carbonyl (C=O) groups excluding carboxylic acids is 1. The van der Waals surface area contributed by atoms with Gasteiger partial charge in [-0.15, -0.1) is 0 Å². The standard InChI is InChI=1S/C6H8Cl2O2/c1-3-4(7)5(8)6(9)10-2/h3H2,1-2H3. The van der Waals surface area contributed by atoms with Crippen molar-refractivity contribution in [1.82, 2.24) is 0 Å². The summed E-state index contributed by atoms with van der Waals surface area (Å²) in [4.78, 5) is 10.6. The molecule has 0 rings (SSSR count). The van der Waals surface area contributed by atoms with Crippen LogP contribution in [0.1, 0.15) is 13.3 Å². The second-order valence-electron chi connectivity index (χ2n) is 1.56. The van der Waals surface area contributed by atoms with Crippen LogP contribution in [-0.4, -0.2) is 13.1 Å². The van der Waals surface area contributed by atoms with Crippen LogP contribution >= 0.6 is 23.2 Å². The van der Waals surface area contributed by atoms with Crippen LogP contribution in [0.3, 0.4) is 0 Å². The van der Waals surface area contributed by atoms with E-state index in [1.807, 2.05) is 0 Å². The average molecular weight is 183 g/mol. The number of carbonyl (C=O) groups is 1. The lowest BCUT2D eigenvalue weighted by Gasteiger charge is -1.97. The van der Waals surface area contributed by atoms with E-state index in [2.05, 4.69) is 4.74 Å². The third-order valence-electron chi connectivity index (χ3n) is 0.913. The van der Waals surface area contributed by atoms with Crippen molar-refractivity contribution in [3.05, 3.63) is 10.1 Å². The molecule has 0 N–H and O–H groups in total. The summed E-state index contributed by atoms with van der Waals surface area (Å²) in [7, 11) is 1.25. The second-order valence-corrected chi connectivity index (χ2v) is 2.40. The zero-order chi connectivity index (χ0) is 8.15. The van der Waals surface area contributed by atoms with Gasteiger partial charge in [0.2, 0.25) is 0 Å². The van der Waals surface area contributed by atoms with Gasteiger partial charge in [0.05, 0.1) is 7.11 Å². The number of methoxy groups -OCH3 is 1. The lowest BCUT2D eigenvalue weighted by molar-refractivity contribution is -0.135. The van der Waals surface area contributed by atoms with Gasteiger partial charge in [-0.25, -0.2) is 4.79 Å². The molecule has 0 aliphatic carbocycles. The fourth-order valence-corrected chi connectivity index (χ4v) is 0.643. The maximum Gasteiger partial charge on any atom is 0.350 e. The highest BCUT2D eigenvalue weighted by molar-refractivity contribution is 6.47. The third-order valence-corrected chi connectivity index (χ3v) is 1.85. The molecule has 2 nitrogen and oxygen atoms in total. The number of halogens is 2. The number of hydrogen-bond donors (Lipinski definition) is 0. The minimum atomic E-state index is -0.589. The molecule has 0 fully saturated rings. The molecule has 0 aromatic carbocycles. The number of hydrogen-bond acceptors (Lipinski definition) is 2. The Labute approximate surface area is 69.8 Å². The maximum atomic E-state index is 10.6. The van der Waals surface area contributed by atoms with Crippen molar-refractivity contribution < 1.29 is 9.53 Å². The molecule has 0 aliphatic heterocycles. The Kier molecular flexibility index (Phi) is 4.49. The summed E-state index contributed by atoms with van der Waals surface area (Å²) in [5.74, 6) is -0.589. The number of allylic oxidation sites excluding steroid dienone is 1. The van der Waals surface area contributed by atoms with E-state index in [0.717, 1.165) is 0 Å². The van der Waals surface area contributed by atoms with Crippen LogP contribution in [0, 0.1) is 0 Å². The first-order chi connectivity index (χ1) is 4.63. The molecule has 0 spiro atoms. The van der Waals surface area contributed by atoms with E-state index < -0.39 is 5.97 Å². The van der Waals surface area contributed by atoms with Gasteiger partial charge in [-0.3, -0.25) is 0 Å². The van der Waals surface area contributed by atoms with E-state index >= 15 is 0 Å². The molecular weight excluding hydrogens is 175 g/mol. The Morgan fingerprint density at radius 1 is 1.50 bits per heavy atom. The van der Waals surface area contributed by atoms with Gasteiger partial charge >= 0.3 is 5.97 Å². The van der Waals surface area contributed by atoms with Crippen LogP contribution in [0.2, 0.25) is 0 Å². The van der Waals surface area contributed by atoms with E-state index in [4.69, 9.17) is 23.2 Å². The summed E-state index contributed by atoms with van der Waals surface area (Å²) in [6, 6.07) is 0. The Morgan fingerprint density at radius 3 is 2.30 bits per heavy atom. The molecular formula is C6H8Cl2O2. The summed E-state index contributed by atoms with van der Waals surface area (Å²) >= 11 is 11.0. The molecule has 0 aromatic heterocycles. The summed E-state index contributed by atoms with van der Waals surface area (Å²) in [6.07, 6.45) is 0.537. The quantitative estimate of drug-likeness (QED) is 0.484. The first-order valence-electron chi connectivity index (χ1n) is 2.76. The Morgan fingerprint density at radius 2 is 2.00 bits per heavy atom. The van der Waals surface area contributed by atoms with E-state index in [9.17, 15) is 4.79 Å². The molecule has 0 aromatic rings. The van der Waals surface area contributed by atoms with Crippen LogP contribution in [0.15, 0.2) is 10.1 Å². The van der Waals surface area contributed by atoms with E-state index in [1.54, 1.807) is 6.92 Å². The largest absolute Gasteiger partial charge is 0.465 e. The molecule has 0 atom stereocenters. The molecule has 58 valence electrons. The van der Waals surface area contributed by atoms with E-state index in [0.29, 0.717) is 11.5 Å². The average Bonchev–Trinajstić information content (AvgIpc) is 2.00. The number of ether oxygens (including phenoxy) is 1. The number of rotatable bonds is 2. The van der Waals surface area contributed by atoms with Gasteiger partial charge in [0, 0.05) is 5.03 Å². The van der Waals surface area contributed by atoms with Gasteiger partial charge in [-0.2, -0.15) is 0 Å². The Balaban J connectivity index is 4.30. The smallest absolute Gasteiger partial charge is 0.350 e. The lowest BCUT2D eigenvalue weighted by Crippen LogP contribution is -2.00. The predicted octanol–water partition coefficient (Wildman–Crippen LogP) is 2.26. The van der Waals surface area contributed by atoms with Crippen molar-refractivity contribution >= 4 is 29.2 Å². The van der Waals surface area contributed by atoms with E-state index in [1.165, 1.54) is 7.11 Å². The van der Waals surface area contributed by atoms with Crippen LogP contribution in [-0.2, 0) is 9.53 Å². The maximum absolute atomic E-state index is 10.6. The van der Waals surface area contributed by atoms with Crippen molar-refractivity contribution in [1.29, 1.82) is 0 Å². The van der Waals surface area contributed by atoms with Crippen LogP contribution in [0.25, 0.3) is 0 Å². The zero-order valence-corrected chi connectivity index (χ0v) is 7.29. The van der Waals surface area contributed by atoms with Gasteiger partial charge in [-0.05, 0) is 6.42 Å². The van der Waals surface area contributed by atoms with Crippen LogP contribution in [0.4, 0.5) is 0 Å². The Hall–Kier alpha value is -0.210. The third kappa shape index (κ3) is 2.58. The van der Waals surface area contributed by atoms with Gasteiger partial charge < -0.3 is 4.74 Å². The molecule has 0 heterocycles. The van der Waals surface area contributed by atoms with Crippen molar-refractivity contribution in [2.75, 3.05) is 7.11 Å². The topological polar surface area (TPSA) is 26.3 Å². The van der Waals surface area contributed by atoms with E-state index in [-0.39, 0.29) is 5.03 Å². The lowest BCUT2D eigenvalue weighted by atomic mass is 10.4. The van der Waals surface area contributed by atoms with Crippen LogP contribution in [0.5, 0.6) is 0 Å². The van der Waals surface area contributed by atoms with Gasteiger partial charge in [0.15, 0.2) is 0 Å². The molecule has 4 heteroatoms. The zero-order valence-electron chi connectivity index (χ0n) is 5.78. The first-order valence-corrected chi connectivity index (χ1v) is 3.51. The number of esters is 1. The molecule has 0 amide bonds. The highest BCUT2D eigenvalue weighted by Crippen LogP contribution is 2.17. The van der Waals surface area contributed by atoms with Crippen molar-refractivity contribution in [3.8, 4) is 0 Å². The fourth-order valence-electron chi connectivity index (χ4n) is 0.356. The first kappa shape index (κ1) is 9.79. The SMILES string of the molecule is CCC(Cl)=C(Cl)C(=O)OC. The van der Waals surface area contributed by atoms with Crippen molar-refractivity contribution in [2.45, 2.75) is 13.3 Å². The highest BCUT2D eigenvalue weighted by Gasteiger charge is 2.09. The minimum Gasteiger partial charge on any atom is -0.465 e. The normalized spacial score (nSPS) is 12.4. The van der Waals surface area contributed by atoms with Crippen molar-refractivity contribution in [3.63, 3.8) is 0 Å². The summed E-state index contributed by atoms with van der Waals surface area (Å²) in [5, 5.41) is 0.292. The highest BCUT2D eigenvalue weighted by atomic mass is 35.5. The minimum absolute atomic E-state index is 0.0355. The molecule has 0 saturated heterocycles. The molecule has 0 bridgehead atoms. The fraction of sp³-hybridized carbons (Fsp3) is 0.500. The van der Waals surface area contributed by atoms with Crippen LogP contribution < -0.4 is 0 Å². The van der Waals surface area contributed by atoms with Gasteiger partial charge in [0.25, 0.3) is 0 Å². The molecule has 0 radical (unpaired) electrons. The van der Waals surface area contributed by atoms with Gasteiger partial charge in [-0.1, -0.05) is 30.1 Å². The molecule has 10 heavy (non-hydrogen) atoms. The van der Waals surface area contributed by atoms with Crippen molar-refractivity contribution in [2.24, 2.45) is 0 Å². The predicted molar refractivity (Wildman–Crippen MR) is 41.0 cm³/mol. The van der Waals surface area contributed by atoms with Gasteiger partial charge in [0.1, 0.15) is 5.03 Å². The monoisotopic (exact) mass is 182 g/mol.